The molecule has 3 nitrogen and oxygen atoms in total. The van der Waals surface area contributed by atoms with Gasteiger partial charge in [-0.15, -0.1) is 0 Å². The molecule has 1 heterocycles. The van der Waals surface area contributed by atoms with Crippen LogP contribution < -0.4 is 0 Å². The van der Waals surface area contributed by atoms with E-state index in [1.165, 1.54) is 0 Å². The van der Waals surface area contributed by atoms with Crippen LogP contribution in [0.3, 0.4) is 0 Å². The van der Waals surface area contributed by atoms with Crippen molar-refractivity contribution in [2.75, 3.05) is 46.4 Å². The highest BCUT2D eigenvalue weighted by molar-refractivity contribution is 4.99. The Morgan fingerprint density at radius 3 is 2.46 bits per heavy atom. The maximum atomic E-state index is 8.44. The van der Waals surface area contributed by atoms with Crippen molar-refractivity contribution in [1.82, 2.24) is 9.80 Å². The second kappa shape index (κ2) is 5.98. The van der Waals surface area contributed by atoms with E-state index in [0.717, 1.165) is 39.1 Å². The topological polar surface area (TPSA) is 26.7 Å². The maximum absolute atomic E-state index is 8.44. The average Bonchev–Trinajstić information content (AvgIpc) is 2.15. The van der Waals surface area contributed by atoms with Crippen molar-refractivity contribution in [3.63, 3.8) is 0 Å². The molecule has 3 heteroatoms. The summed E-state index contributed by atoms with van der Waals surface area (Å²) in [5.41, 5.74) is 0. The van der Waals surface area contributed by atoms with Crippen molar-refractivity contribution in [3.05, 3.63) is 0 Å². The van der Waals surface area contributed by atoms with Gasteiger partial charge >= 0.3 is 0 Å². The molecule has 13 heavy (non-hydrogen) atoms. The van der Waals surface area contributed by atoms with Gasteiger partial charge in [-0.2, -0.15) is 0 Å². The predicted molar refractivity (Wildman–Crippen MR) is 53.4 cm³/mol. The van der Waals surface area contributed by atoms with E-state index in [1.54, 1.807) is 0 Å². The van der Waals surface area contributed by atoms with Crippen LogP contribution in [0, 0.1) is 11.8 Å². The third kappa shape index (κ3) is 4.28. The number of aliphatic hydroxyl groups is 1. The van der Waals surface area contributed by atoms with Gasteiger partial charge in [0.2, 0.25) is 0 Å². The number of likely N-dealkylation sites (N-methyl/N-ethyl adjacent to an activating group) is 1. The van der Waals surface area contributed by atoms with Gasteiger partial charge in [-0.25, -0.2) is 0 Å². The van der Waals surface area contributed by atoms with E-state index in [1.807, 2.05) is 0 Å². The standard InChI is InChI=1S/C10H18N2O/c1-11-6-8-12(9-7-11)5-3-2-4-10-13/h13H,3,5-10H2,1H3. The highest BCUT2D eigenvalue weighted by Crippen LogP contribution is 1.99. The molecule has 74 valence electrons. The van der Waals surface area contributed by atoms with Crippen molar-refractivity contribution in [2.24, 2.45) is 0 Å². The van der Waals surface area contributed by atoms with Crippen LogP contribution in [0.2, 0.25) is 0 Å². The smallest absolute Gasteiger partial charge is 0.104 e. The van der Waals surface area contributed by atoms with Crippen molar-refractivity contribution in [1.29, 1.82) is 0 Å². The molecule has 1 saturated heterocycles. The lowest BCUT2D eigenvalue weighted by molar-refractivity contribution is 0.157. The quantitative estimate of drug-likeness (QED) is 0.590. The van der Waals surface area contributed by atoms with Crippen LogP contribution in [-0.4, -0.2) is 61.3 Å². The maximum Gasteiger partial charge on any atom is 0.104 e. The highest BCUT2D eigenvalue weighted by Gasteiger charge is 2.11. The Bertz CT molecular complexity index is 187. The molecule has 0 saturated carbocycles. The first-order chi connectivity index (χ1) is 6.33. The predicted octanol–water partition coefficient (Wildman–Crippen LogP) is -0.380. The molecular formula is C10H18N2O. The number of nitrogens with zero attached hydrogens (tertiary/aromatic N) is 2. The first kappa shape index (κ1) is 10.5. The van der Waals surface area contributed by atoms with Crippen LogP contribution in [0.4, 0.5) is 0 Å². The van der Waals surface area contributed by atoms with E-state index < -0.39 is 0 Å². The highest BCUT2D eigenvalue weighted by atomic mass is 16.2. The number of hydrogen-bond acceptors (Lipinski definition) is 3. The van der Waals surface area contributed by atoms with Crippen molar-refractivity contribution >= 4 is 0 Å². The van der Waals surface area contributed by atoms with Gasteiger partial charge in [0.15, 0.2) is 0 Å². The molecule has 0 unspecified atom stereocenters. The molecule has 1 aliphatic rings. The molecule has 1 aliphatic heterocycles. The number of hydrogen-bond donors (Lipinski definition) is 1. The molecule has 0 aliphatic carbocycles. The summed E-state index contributed by atoms with van der Waals surface area (Å²) >= 11 is 0. The zero-order chi connectivity index (χ0) is 9.52. The molecular weight excluding hydrogens is 164 g/mol. The van der Waals surface area contributed by atoms with Crippen LogP contribution in [-0.2, 0) is 0 Å². The van der Waals surface area contributed by atoms with E-state index >= 15 is 0 Å². The van der Waals surface area contributed by atoms with E-state index in [9.17, 15) is 0 Å². The summed E-state index contributed by atoms with van der Waals surface area (Å²) in [6, 6.07) is 0. The Labute approximate surface area is 80.3 Å². The van der Waals surface area contributed by atoms with Crippen LogP contribution in [0.5, 0.6) is 0 Å². The lowest BCUT2D eigenvalue weighted by Crippen LogP contribution is -2.44. The molecule has 1 rings (SSSR count). The molecule has 0 atom stereocenters. The SMILES string of the molecule is CN1CCN(CCC#CCO)CC1. The van der Waals surface area contributed by atoms with Crippen LogP contribution in [0.25, 0.3) is 0 Å². The van der Waals surface area contributed by atoms with E-state index in [2.05, 4.69) is 28.7 Å². The lowest BCUT2D eigenvalue weighted by atomic mass is 10.3. The number of aliphatic hydroxyl groups excluding tert-OH is 1. The van der Waals surface area contributed by atoms with Gasteiger partial charge in [0.25, 0.3) is 0 Å². The van der Waals surface area contributed by atoms with E-state index in [-0.39, 0.29) is 6.61 Å². The fourth-order valence-corrected chi connectivity index (χ4v) is 1.43. The van der Waals surface area contributed by atoms with Gasteiger partial charge < -0.3 is 10.0 Å². The number of rotatable bonds is 2. The van der Waals surface area contributed by atoms with E-state index in [4.69, 9.17) is 5.11 Å². The Kier molecular flexibility index (Phi) is 4.84. The molecule has 0 bridgehead atoms. The lowest BCUT2D eigenvalue weighted by Gasteiger charge is -2.31. The Hall–Kier alpha value is -0.560. The Balaban J connectivity index is 2.09. The molecule has 0 aromatic rings. The van der Waals surface area contributed by atoms with Crippen LogP contribution in [0.15, 0.2) is 0 Å². The molecule has 1 N–H and O–H groups in total. The van der Waals surface area contributed by atoms with Crippen molar-refractivity contribution in [3.8, 4) is 11.8 Å². The Morgan fingerprint density at radius 1 is 1.15 bits per heavy atom. The van der Waals surface area contributed by atoms with Gasteiger partial charge in [-0.05, 0) is 7.05 Å². The minimum Gasteiger partial charge on any atom is -0.384 e. The van der Waals surface area contributed by atoms with Gasteiger partial charge in [0.1, 0.15) is 6.61 Å². The third-order valence-electron chi connectivity index (χ3n) is 2.35. The summed E-state index contributed by atoms with van der Waals surface area (Å²) in [4.78, 5) is 4.77. The zero-order valence-corrected chi connectivity index (χ0v) is 8.29. The monoisotopic (exact) mass is 182 g/mol. The summed E-state index contributed by atoms with van der Waals surface area (Å²) < 4.78 is 0. The van der Waals surface area contributed by atoms with Gasteiger partial charge in [-0.1, -0.05) is 11.8 Å². The van der Waals surface area contributed by atoms with Crippen LogP contribution in [0.1, 0.15) is 6.42 Å². The molecule has 0 radical (unpaired) electrons. The summed E-state index contributed by atoms with van der Waals surface area (Å²) in [6.07, 6.45) is 0.879. The van der Waals surface area contributed by atoms with Gasteiger partial charge in [-0.3, -0.25) is 4.90 Å². The average molecular weight is 182 g/mol. The number of piperazine rings is 1. The minimum atomic E-state index is -0.0112. The third-order valence-corrected chi connectivity index (χ3v) is 2.35. The van der Waals surface area contributed by atoms with Crippen molar-refractivity contribution in [2.45, 2.75) is 6.42 Å². The second-order valence-electron chi connectivity index (χ2n) is 3.41. The molecule has 0 amide bonds. The largest absolute Gasteiger partial charge is 0.384 e. The summed E-state index contributed by atoms with van der Waals surface area (Å²) in [6.45, 7) is 5.65. The summed E-state index contributed by atoms with van der Waals surface area (Å²) in [7, 11) is 2.16. The fraction of sp³-hybridized carbons (Fsp3) is 0.800. The van der Waals surface area contributed by atoms with Crippen LogP contribution >= 0.6 is 0 Å². The molecule has 1 fully saturated rings. The Morgan fingerprint density at radius 2 is 1.85 bits per heavy atom. The molecule has 0 aromatic carbocycles. The second-order valence-corrected chi connectivity index (χ2v) is 3.41. The first-order valence-corrected chi connectivity index (χ1v) is 4.80. The first-order valence-electron chi connectivity index (χ1n) is 4.80. The van der Waals surface area contributed by atoms with Crippen molar-refractivity contribution < 1.29 is 5.11 Å². The molecule has 0 aromatic heterocycles. The normalized spacial score (nSPS) is 19.5. The summed E-state index contributed by atoms with van der Waals surface area (Å²) in [5, 5.41) is 8.44. The fourth-order valence-electron chi connectivity index (χ4n) is 1.43. The van der Waals surface area contributed by atoms with Gasteiger partial charge in [0, 0.05) is 39.1 Å². The van der Waals surface area contributed by atoms with Gasteiger partial charge in [0.05, 0.1) is 0 Å². The summed E-state index contributed by atoms with van der Waals surface area (Å²) in [5.74, 6) is 5.60. The molecule has 0 spiro atoms. The minimum absolute atomic E-state index is 0.0112. The zero-order valence-electron chi connectivity index (χ0n) is 8.29. The van der Waals surface area contributed by atoms with E-state index in [0.29, 0.717) is 0 Å².